The number of carbonyl (C=O) groups excluding carboxylic acids is 2. The summed E-state index contributed by atoms with van der Waals surface area (Å²) in [6.45, 7) is 6.40. The van der Waals surface area contributed by atoms with E-state index in [1.54, 1.807) is 30.6 Å². The Morgan fingerprint density at radius 1 is 1.24 bits per heavy atom. The number of rotatable bonds is 5. The van der Waals surface area contributed by atoms with Crippen molar-refractivity contribution in [2.24, 2.45) is 11.0 Å². The van der Waals surface area contributed by atoms with Gasteiger partial charge in [0.05, 0.1) is 29.2 Å². The van der Waals surface area contributed by atoms with E-state index in [-0.39, 0.29) is 11.8 Å². The number of imidazole rings is 1. The molecule has 0 atom stereocenters. The van der Waals surface area contributed by atoms with Gasteiger partial charge in [-0.05, 0) is 37.0 Å². The fraction of sp³-hybridized carbons (Fsp3) is 0.333. The lowest BCUT2D eigenvalue weighted by atomic mass is 10.1. The molecular weight excluding hydrogens is 318 g/mol. The second-order valence-electron chi connectivity index (χ2n) is 6.58. The predicted molar refractivity (Wildman–Crippen MR) is 95.6 cm³/mol. The van der Waals surface area contributed by atoms with Gasteiger partial charge < -0.3 is 5.73 Å². The molecule has 1 aromatic carbocycles. The lowest BCUT2D eigenvalue weighted by Crippen LogP contribution is -2.31. The standard InChI is InChI=1S/C18H21N5O2/c1-11(2)6-7-22-16(24)14-5-4-13(8-15(14)17(22)25)9-20-23-10-12(3)21-18(23)19/h4-5,8-11H,6-7H2,1-3H3,(H2,19,21). The van der Waals surface area contributed by atoms with Gasteiger partial charge in [0, 0.05) is 6.54 Å². The van der Waals surface area contributed by atoms with Crippen LogP contribution in [0.25, 0.3) is 0 Å². The number of aromatic nitrogens is 2. The number of imide groups is 1. The van der Waals surface area contributed by atoms with Crippen LogP contribution in [0.15, 0.2) is 29.5 Å². The van der Waals surface area contributed by atoms with Gasteiger partial charge in [-0.3, -0.25) is 14.5 Å². The van der Waals surface area contributed by atoms with E-state index in [9.17, 15) is 9.59 Å². The van der Waals surface area contributed by atoms with Crippen molar-refractivity contribution in [2.45, 2.75) is 27.2 Å². The third-order valence-corrected chi connectivity index (χ3v) is 4.09. The molecule has 2 N–H and O–H groups in total. The lowest BCUT2D eigenvalue weighted by molar-refractivity contribution is 0.0648. The highest BCUT2D eigenvalue weighted by Crippen LogP contribution is 2.24. The minimum atomic E-state index is -0.242. The van der Waals surface area contributed by atoms with E-state index in [0.29, 0.717) is 29.5 Å². The summed E-state index contributed by atoms with van der Waals surface area (Å²) in [4.78, 5) is 30.3. The Bertz CT molecular complexity index is 866. The minimum Gasteiger partial charge on any atom is -0.368 e. The van der Waals surface area contributed by atoms with Gasteiger partial charge in [-0.2, -0.15) is 5.10 Å². The first kappa shape index (κ1) is 16.9. The molecule has 3 rings (SSSR count). The highest BCUT2D eigenvalue weighted by molar-refractivity contribution is 6.21. The van der Waals surface area contributed by atoms with Crippen LogP contribution in [0.4, 0.5) is 5.95 Å². The lowest BCUT2D eigenvalue weighted by Gasteiger charge is -2.14. The molecule has 0 fully saturated rings. The molecule has 0 spiro atoms. The zero-order valence-electron chi connectivity index (χ0n) is 14.6. The Hall–Kier alpha value is -2.96. The monoisotopic (exact) mass is 339 g/mol. The van der Waals surface area contributed by atoms with E-state index in [2.05, 4.69) is 23.9 Å². The first-order chi connectivity index (χ1) is 11.9. The molecule has 0 unspecified atom stereocenters. The maximum absolute atomic E-state index is 12.5. The Kier molecular flexibility index (Phi) is 4.39. The van der Waals surface area contributed by atoms with Crippen LogP contribution < -0.4 is 5.73 Å². The number of amides is 2. The molecule has 1 aliphatic rings. The van der Waals surface area contributed by atoms with Crippen LogP contribution in [0.3, 0.4) is 0 Å². The van der Waals surface area contributed by atoms with E-state index in [1.807, 2.05) is 6.92 Å². The van der Waals surface area contributed by atoms with Gasteiger partial charge in [0.2, 0.25) is 5.95 Å². The fourth-order valence-corrected chi connectivity index (χ4v) is 2.70. The molecule has 1 aliphatic heterocycles. The maximum atomic E-state index is 12.5. The molecule has 7 heteroatoms. The van der Waals surface area contributed by atoms with E-state index < -0.39 is 0 Å². The van der Waals surface area contributed by atoms with Crippen molar-refractivity contribution in [2.75, 3.05) is 12.3 Å². The Morgan fingerprint density at radius 3 is 2.60 bits per heavy atom. The highest BCUT2D eigenvalue weighted by atomic mass is 16.2. The molecule has 2 amide bonds. The largest absolute Gasteiger partial charge is 0.368 e. The van der Waals surface area contributed by atoms with Crippen molar-refractivity contribution in [3.05, 3.63) is 46.8 Å². The summed E-state index contributed by atoms with van der Waals surface area (Å²) in [7, 11) is 0. The van der Waals surface area contributed by atoms with Gasteiger partial charge in [-0.1, -0.05) is 19.9 Å². The van der Waals surface area contributed by atoms with Crippen LogP contribution in [0.1, 0.15) is 52.2 Å². The highest BCUT2D eigenvalue weighted by Gasteiger charge is 2.35. The van der Waals surface area contributed by atoms with E-state index in [0.717, 1.165) is 17.7 Å². The second kappa shape index (κ2) is 6.51. The number of hydrogen-bond donors (Lipinski definition) is 1. The van der Waals surface area contributed by atoms with E-state index >= 15 is 0 Å². The van der Waals surface area contributed by atoms with Crippen LogP contribution in [-0.4, -0.2) is 39.1 Å². The van der Waals surface area contributed by atoms with Crippen molar-refractivity contribution in [1.29, 1.82) is 0 Å². The number of anilines is 1. The molecule has 1 aromatic heterocycles. The summed E-state index contributed by atoms with van der Waals surface area (Å²) < 4.78 is 1.46. The number of nitrogen functional groups attached to an aromatic ring is 1. The van der Waals surface area contributed by atoms with E-state index in [1.165, 1.54) is 9.58 Å². The van der Waals surface area contributed by atoms with Crippen LogP contribution in [-0.2, 0) is 0 Å². The van der Waals surface area contributed by atoms with Gasteiger partial charge in [-0.25, -0.2) is 9.66 Å². The first-order valence-corrected chi connectivity index (χ1v) is 8.23. The molecule has 0 saturated heterocycles. The van der Waals surface area contributed by atoms with Gasteiger partial charge in [0.15, 0.2) is 0 Å². The van der Waals surface area contributed by atoms with Gasteiger partial charge in [-0.15, -0.1) is 0 Å². The van der Waals surface area contributed by atoms with Crippen molar-refractivity contribution in [3.63, 3.8) is 0 Å². The molecule has 2 aromatic rings. The van der Waals surface area contributed by atoms with Crippen molar-refractivity contribution < 1.29 is 9.59 Å². The van der Waals surface area contributed by atoms with Crippen LogP contribution in [0.2, 0.25) is 0 Å². The smallest absolute Gasteiger partial charge is 0.261 e. The molecule has 0 bridgehead atoms. The molecule has 7 nitrogen and oxygen atoms in total. The summed E-state index contributed by atoms with van der Waals surface area (Å²) >= 11 is 0. The summed E-state index contributed by atoms with van der Waals surface area (Å²) in [5.74, 6) is 0.254. The summed E-state index contributed by atoms with van der Waals surface area (Å²) in [5.41, 5.74) is 8.10. The number of aryl methyl sites for hydroxylation is 1. The topological polar surface area (TPSA) is 93.6 Å². The SMILES string of the molecule is Cc1cn(N=Cc2ccc3c(c2)C(=O)N(CCC(C)C)C3=O)c(N)n1. The molecule has 0 aliphatic carbocycles. The van der Waals surface area contributed by atoms with Crippen molar-refractivity contribution >= 4 is 24.0 Å². The van der Waals surface area contributed by atoms with Gasteiger partial charge >= 0.3 is 0 Å². The Labute approximate surface area is 146 Å². The molecule has 25 heavy (non-hydrogen) atoms. The van der Waals surface area contributed by atoms with Crippen LogP contribution >= 0.6 is 0 Å². The van der Waals surface area contributed by atoms with Crippen LogP contribution in [0.5, 0.6) is 0 Å². The number of nitrogens with two attached hydrogens (primary N) is 1. The molecular formula is C18H21N5O2. The number of nitrogens with zero attached hydrogens (tertiary/aromatic N) is 4. The molecule has 2 heterocycles. The van der Waals surface area contributed by atoms with Crippen molar-refractivity contribution in [1.82, 2.24) is 14.6 Å². The van der Waals surface area contributed by atoms with Crippen molar-refractivity contribution in [3.8, 4) is 0 Å². The predicted octanol–water partition coefficient (Wildman–Crippen LogP) is 2.30. The summed E-state index contributed by atoms with van der Waals surface area (Å²) in [6, 6.07) is 5.13. The number of carbonyl (C=O) groups is 2. The van der Waals surface area contributed by atoms with Crippen LogP contribution in [0, 0.1) is 12.8 Å². The fourth-order valence-electron chi connectivity index (χ4n) is 2.70. The molecule has 130 valence electrons. The van der Waals surface area contributed by atoms with E-state index in [4.69, 9.17) is 5.73 Å². The number of fused-ring (bicyclic) bond motifs is 1. The third kappa shape index (κ3) is 3.31. The first-order valence-electron chi connectivity index (χ1n) is 8.23. The van der Waals surface area contributed by atoms with Gasteiger partial charge in [0.25, 0.3) is 11.8 Å². The van der Waals surface area contributed by atoms with Gasteiger partial charge in [0.1, 0.15) is 0 Å². The Balaban J connectivity index is 1.83. The molecule has 0 saturated carbocycles. The minimum absolute atomic E-state index is 0.224. The third-order valence-electron chi connectivity index (χ3n) is 4.09. The average Bonchev–Trinajstić information content (AvgIpc) is 3.00. The Morgan fingerprint density at radius 2 is 1.96 bits per heavy atom. The number of hydrogen-bond acceptors (Lipinski definition) is 5. The quantitative estimate of drug-likeness (QED) is 0.668. The average molecular weight is 339 g/mol. The summed E-state index contributed by atoms with van der Waals surface area (Å²) in [5, 5.41) is 4.24. The normalized spacial score (nSPS) is 14.2. The number of benzene rings is 1. The zero-order valence-corrected chi connectivity index (χ0v) is 14.6. The zero-order chi connectivity index (χ0) is 18.1. The summed E-state index contributed by atoms with van der Waals surface area (Å²) in [6.07, 6.45) is 4.09. The second-order valence-corrected chi connectivity index (χ2v) is 6.58. The maximum Gasteiger partial charge on any atom is 0.261 e. The molecule has 0 radical (unpaired) electrons.